The number of hydrogen-bond donors (Lipinski definition) is 1. The highest BCUT2D eigenvalue weighted by molar-refractivity contribution is 9.10. The largest absolute Gasteiger partial charge is 0.325 e. The van der Waals surface area contributed by atoms with Gasteiger partial charge in [0, 0.05) is 28.8 Å². The van der Waals surface area contributed by atoms with Gasteiger partial charge in [0.05, 0.1) is 10.9 Å². The minimum Gasteiger partial charge on any atom is -0.325 e. The molecule has 0 aliphatic carbocycles. The number of aryl methyl sites for hydroxylation is 3. The SMILES string of the molecule is Cc1ccc(N2C[C@@H](C(=O)Nc3cc(Cl)c(Br)cc3C)CC2=O)c(C)c1. The molecule has 0 saturated carbocycles. The molecule has 2 aromatic carbocycles. The van der Waals surface area contributed by atoms with Gasteiger partial charge in [-0.2, -0.15) is 0 Å². The standard InChI is InChI=1S/C20H20BrClN2O2/c1-11-4-5-18(13(3)6-11)24-10-14(8-19(24)25)20(26)23-17-9-16(22)15(21)7-12(17)2/h4-7,9,14H,8,10H2,1-3H3,(H,23,26)/t14-/m0/s1. The molecule has 0 bridgehead atoms. The third kappa shape index (κ3) is 3.79. The summed E-state index contributed by atoms with van der Waals surface area (Å²) in [5.41, 5.74) is 4.63. The van der Waals surface area contributed by atoms with E-state index in [4.69, 9.17) is 11.6 Å². The Morgan fingerprint density at radius 3 is 2.62 bits per heavy atom. The molecule has 0 unspecified atom stereocenters. The second-order valence-electron chi connectivity index (χ2n) is 6.77. The summed E-state index contributed by atoms with van der Waals surface area (Å²) in [5, 5.41) is 3.45. The van der Waals surface area contributed by atoms with Crippen LogP contribution in [0.3, 0.4) is 0 Å². The molecule has 4 nitrogen and oxygen atoms in total. The molecule has 2 amide bonds. The third-order valence-electron chi connectivity index (χ3n) is 4.66. The lowest BCUT2D eigenvalue weighted by Crippen LogP contribution is -2.28. The van der Waals surface area contributed by atoms with Crippen molar-refractivity contribution in [3.8, 4) is 0 Å². The number of nitrogens with one attached hydrogen (secondary N) is 1. The van der Waals surface area contributed by atoms with Crippen molar-refractivity contribution in [3.05, 3.63) is 56.5 Å². The van der Waals surface area contributed by atoms with Crippen LogP contribution in [0.5, 0.6) is 0 Å². The van der Waals surface area contributed by atoms with Crippen molar-refractivity contribution in [1.82, 2.24) is 0 Å². The highest BCUT2D eigenvalue weighted by Crippen LogP contribution is 2.31. The fourth-order valence-corrected chi connectivity index (χ4v) is 3.86. The van der Waals surface area contributed by atoms with Gasteiger partial charge in [0.15, 0.2) is 0 Å². The zero-order valence-electron chi connectivity index (χ0n) is 14.9. The lowest BCUT2D eigenvalue weighted by Gasteiger charge is -2.19. The Bertz CT molecular complexity index is 898. The van der Waals surface area contributed by atoms with Crippen LogP contribution in [0.4, 0.5) is 11.4 Å². The highest BCUT2D eigenvalue weighted by atomic mass is 79.9. The second-order valence-corrected chi connectivity index (χ2v) is 8.03. The zero-order chi connectivity index (χ0) is 19.0. The Labute approximate surface area is 166 Å². The summed E-state index contributed by atoms with van der Waals surface area (Å²) in [4.78, 5) is 26.9. The van der Waals surface area contributed by atoms with Crippen molar-refractivity contribution in [1.29, 1.82) is 0 Å². The third-order valence-corrected chi connectivity index (χ3v) is 5.86. The van der Waals surface area contributed by atoms with E-state index in [1.54, 1.807) is 11.0 Å². The molecule has 1 aliphatic heterocycles. The van der Waals surface area contributed by atoms with Crippen LogP contribution in [-0.2, 0) is 9.59 Å². The van der Waals surface area contributed by atoms with Gasteiger partial charge in [-0.15, -0.1) is 0 Å². The maximum atomic E-state index is 12.7. The van der Waals surface area contributed by atoms with Gasteiger partial charge in [-0.3, -0.25) is 9.59 Å². The van der Waals surface area contributed by atoms with Crippen LogP contribution in [0.2, 0.25) is 5.02 Å². The van der Waals surface area contributed by atoms with Crippen molar-refractivity contribution < 1.29 is 9.59 Å². The summed E-state index contributed by atoms with van der Waals surface area (Å²) >= 11 is 9.50. The van der Waals surface area contributed by atoms with E-state index in [0.717, 1.165) is 26.9 Å². The van der Waals surface area contributed by atoms with Crippen LogP contribution in [0.25, 0.3) is 0 Å². The summed E-state index contributed by atoms with van der Waals surface area (Å²) in [7, 11) is 0. The van der Waals surface area contributed by atoms with Gasteiger partial charge in [-0.25, -0.2) is 0 Å². The molecule has 1 heterocycles. The van der Waals surface area contributed by atoms with Gasteiger partial charge in [-0.1, -0.05) is 29.3 Å². The predicted octanol–water partition coefficient (Wildman–Crippen LogP) is 5.02. The second kappa shape index (κ2) is 7.41. The van der Waals surface area contributed by atoms with Gasteiger partial charge in [-0.05, 0) is 66.0 Å². The lowest BCUT2D eigenvalue weighted by molar-refractivity contribution is -0.122. The smallest absolute Gasteiger partial charge is 0.229 e. The Morgan fingerprint density at radius 2 is 1.92 bits per heavy atom. The van der Waals surface area contributed by atoms with Crippen LogP contribution in [0.15, 0.2) is 34.8 Å². The van der Waals surface area contributed by atoms with Crippen LogP contribution >= 0.6 is 27.5 Å². The summed E-state index contributed by atoms with van der Waals surface area (Å²) in [6.45, 7) is 6.29. The van der Waals surface area contributed by atoms with Crippen molar-refractivity contribution >= 4 is 50.7 Å². The van der Waals surface area contributed by atoms with Crippen molar-refractivity contribution in [2.45, 2.75) is 27.2 Å². The molecule has 1 fully saturated rings. The molecule has 2 aromatic rings. The van der Waals surface area contributed by atoms with Gasteiger partial charge in [0.2, 0.25) is 11.8 Å². The van der Waals surface area contributed by atoms with Crippen LogP contribution in [-0.4, -0.2) is 18.4 Å². The van der Waals surface area contributed by atoms with Gasteiger partial charge in [0.1, 0.15) is 0 Å². The number of rotatable bonds is 3. The van der Waals surface area contributed by atoms with Crippen LogP contribution in [0, 0.1) is 26.7 Å². The molecular weight excluding hydrogens is 416 g/mol. The maximum absolute atomic E-state index is 12.7. The quantitative estimate of drug-likeness (QED) is 0.736. The first-order valence-electron chi connectivity index (χ1n) is 8.40. The average Bonchev–Trinajstić information content (AvgIpc) is 2.94. The summed E-state index contributed by atoms with van der Waals surface area (Å²) in [6.07, 6.45) is 0.211. The molecule has 6 heteroatoms. The first kappa shape index (κ1) is 18.9. The van der Waals surface area contributed by atoms with Crippen molar-refractivity contribution in [2.75, 3.05) is 16.8 Å². The van der Waals surface area contributed by atoms with Crippen molar-refractivity contribution in [2.24, 2.45) is 5.92 Å². The van der Waals surface area contributed by atoms with E-state index in [1.807, 2.05) is 45.0 Å². The van der Waals surface area contributed by atoms with Gasteiger partial charge in [0.25, 0.3) is 0 Å². The molecule has 136 valence electrons. The molecule has 1 N–H and O–H groups in total. The van der Waals surface area contributed by atoms with Gasteiger partial charge >= 0.3 is 0 Å². The molecular formula is C20H20BrClN2O2. The maximum Gasteiger partial charge on any atom is 0.229 e. The minimum absolute atomic E-state index is 0.0253. The first-order valence-corrected chi connectivity index (χ1v) is 9.57. The summed E-state index contributed by atoms with van der Waals surface area (Å²) in [6, 6.07) is 9.55. The Kier molecular flexibility index (Phi) is 5.39. The number of carbonyl (C=O) groups is 2. The molecule has 3 rings (SSSR count). The molecule has 1 saturated heterocycles. The van der Waals surface area contributed by atoms with Crippen LogP contribution in [0.1, 0.15) is 23.1 Å². The fraction of sp³-hybridized carbons (Fsp3) is 0.300. The number of halogens is 2. The highest BCUT2D eigenvalue weighted by Gasteiger charge is 2.35. The van der Waals surface area contributed by atoms with E-state index in [9.17, 15) is 9.59 Å². The number of nitrogens with zero attached hydrogens (tertiary/aromatic N) is 1. The summed E-state index contributed by atoms with van der Waals surface area (Å²) < 4.78 is 0.784. The molecule has 26 heavy (non-hydrogen) atoms. The fourth-order valence-electron chi connectivity index (χ4n) is 3.24. The predicted molar refractivity (Wildman–Crippen MR) is 109 cm³/mol. The molecule has 0 spiro atoms. The zero-order valence-corrected chi connectivity index (χ0v) is 17.2. The molecule has 1 atom stereocenters. The van der Waals surface area contributed by atoms with E-state index in [0.29, 0.717) is 17.3 Å². The van der Waals surface area contributed by atoms with E-state index in [2.05, 4.69) is 21.2 Å². The molecule has 0 aromatic heterocycles. The average molecular weight is 436 g/mol. The Morgan fingerprint density at radius 1 is 1.19 bits per heavy atom. The number of carbonyl (C=O) groups excluding carboxylic acids is 2. The normalized spacial score (nSPS) is 16.9. The van der Waals surface area contributed by atoms with Crippen molar-refractivity contribution in [3.63, 3.8) is 0 Å². The Balaban J connectivity index is 1.76. The number of anilines is 2. The first-order chi connectivity index (χ1) is 12.3. The topological polar surface area (TPSA) is 49.4 Å². The Hall–Kier alpha value is -1.85. The summed E-state index contributed by atoms with van der Waals surface area (Å²) in [5.74, 6) is -0.570. The number of hydrogen-bond acceptors (Lipinski definition) is 2. The minimum atomic E-state index is -0.384. The lowest BCUT2D eigenvalue weighted by atomic mass is 10.1. The van der Waals surface area contributed by atoms with E-state index < -0.39 is 0 Å². The van der Waals surface area contributed by atoms with E-state index in [-0.39, 0.29) is 24.2 Å². The van der Waals surface area contributed by atoms with Gasteiger partial charge < -0.3 is 10.2 Å². The monoisotopic (exact) mass is 434 g/mol. The van der Waals surface area contributed by atoms with Crippen LogP contribution < -0.4 is 10.2 Å². The van der Waals surface area contributed by atoms with E-state index in [1.165, 1.54) is 0 Å². The number of benzene rings is 2. The molecule has 0 radical (unpaired) electrons. The van der Waals surface area contributed by atoms with E-state index >= 15 is 0 Å². The number of amides is 2. The molecule has 1 aliphatic rings.